The van der Waals surface area contributed by atoms with Crippen LogP contribution in [0.5, 0.6) is 11.5 Å². The highest BCUT2D eigenvalue weighted by molar-refractivity contribution is 5.93. The van der Waals surface area contributed by atoms with Gasteiger partial charge in [-0.2, -0.15) is 0 Å². The maximum Gasteiger partial charge on any atom is 0.343 e. The molecule has 0 atom stereocenters. The first-order valence-corrected chi connectivity index (χ1v) is 9.88. The lowest BCUT2D eigenvalue weighted by Gasteiger charge is -2.12. The van der Waals surface area contributed by atoms with Crippen LogP contribution in [0.1, 0.15) is 27.0 Å². The standard InChI is InChI=1S/C26H22O5/c1-15-5-7-18(8-6-15)24-25(31-26(28)19-9-11-20(29-4)12-10-19)22(27)21-14-16(2)13-17(3)23(21)30-24/h5-14H,1-4H3. The van der Waals surface area contributed by atoms with Gasteiger partial charge in [0.15, 0.2) is 5.76 Å². The van der Waals surface area contributed by atoms with Crippen LogP contribution in [0.2, 0.25) is 0 Å². The molecule has 0 aliphatic carbocycles. The zero-order chi connectivity index (χ0) is 22.1. The van der Waals surface area contributed by atoms with Gasteiger partial charge in [0.25, 0.3) is 0 Å². The molecule has 1 aromatic heterocycles. The molecule has 4 aromatic rings. The SMILES string of the molecule is COc1ccc(C(=O)Oc2c(-c3ccc(C)cc3)oc3c(C)cc(C)cc3c2=O)cc1. The van der Waals surface area contributed by atoms with Crippen molar-refractivity contribution in [3.8, 4) is 22.8 Å². The van der Waals surface area contributed by atoms with Gasteiger partial charge in [-0.25, -0.2) is 4.79 Å². The Hall–Kier alpha value is -3.86. The molecule has 0 bridgehead atoms. The predicted molar refractivity (Wildman–Crippen MR) is 120 cm³/mol. The lowest BCUT2D eigenvalue weighted by molar-refractivity contribution is 0.0731. The second kappa shape index (κ2) is 8.11. The van der Waals surface area contributed by atoms with Gasteiger partial charge in [-0.05, 0) is 62.2 Å². The zero-order valence-corrected chi connectivity index (χ0v) is 17.8. The van der Waals surface area contributed by atoms with Gasteiger partial charge in [-0.3, -0.25) is 4.79 Å². The maximum atomic E-state index is 13.4. The van der Waals surface area contributed by atoms with Gasteiger partial charge in [0, 0.05) is 5.56 Å². The van der Waals surface area contributed by atoms with E-state index in [9.17, 15) is 9.59 Å². The highest BCUT2D eigenvalue weighted by atomic mass is 16.5. The first-order valence-electron chi connectivity index (χ1n) is 9.88. The van der Waals surface area contributed by atoms with Crippen molar-refractivity contribution in [3.63, 3.8) is 0 Å². The molecule has 0 unspecified atom stereocenters. The third kappa shape index (κ3) is 3.94. The Labute approximate surface area is 179 Å². The van der Waals surface area contributed by atoms with Gasteiger partial charge in [0.1, 0.15) is 11.3 Å². The molecule has 0 N–H and O–H groups in total. The summed E-state index contributed by atoms with van der Waals surface area (Å²) in [4.78, 5) is 26.2. The molecule has 0 fully saturated rings. The number of hydrogen-bond acceptors (Lipinski definition) is 5. The minimum atomic E-state index is -0.646. The van der Waals surface area contributed by atoms with Gasteiger partial charge < -0.3 is 13.9 Å². The van der Waals surface area contributed by atoms with Crippen molar-refractivity contribution in [1.29, 1.82) is 0 Å². The van der Waals surface area contributed by atoms with Gasteiger partial charge in [-0.1, -0.05) is 35.9 Å². The van der Waals surface area contributed by atoms with Crippen molar-refractivity contribution in [3.05, 3.63) is 93.1 Å². The second-order valence-electron chi connectivity index (χ2n) is 7.53. The molecule has 156 valence electrons. The van der Waals surface area contributed by atoms with E-state index in [-0.39, 0.29) is 16.9 Å². The Morgan fingerprint density at radius 1 is 0.871 bits per heavy atom. The Morgan fingerprint density at radius 3 is 2.19 bits per heavy atom. The smallest absolute Gasteiger partial charge is 0.343 e. The quantitative estimate of drug-likeness (QED) is 0.406. The summed E-state index contributed by atoms with van der Waals surface area (Å²) in [5.41, 5.74) is 3.88. The molecule has 0 aliphatic rings. The summed E-state index contributed by atoms with van der Waals surface area (Å²) < 4.78 is 16.9. The van der Waals surface area contributed by atoms with Crippen LogP contribution in [0.3, 0.4) is 0 Å². The Morgan fingerprint density at radius 2 is 1.55 bits per heavy atom. The molecule has 0 spiro atoms. The average molecular weight is 414 g/mol. The van der Waals surface area contributed by atoms with Crippen molar-refractivity contribution in [2.45, 2.75) is 20.8 Å². The van der Waals surface area contributed by atoms with Crippen molar-refractivity contribution in [1.82, 2.24) is 0 Å². The number of fused-ring (bicyclic) bond motifs is 1. The minimum Gasteiger partial charge on any atom is -0.497 e. The Balaban J connectivity index is 1.89. The summed E-state index contributed by atoms with van der Waals surface area (Å²) >= 11 is 0. The monoisotopic (exact) mass is 414 g/mol. The molecule has 4 rings (SSSR count). The van der Waals surface area contributed by atoms with Crippen LogP contribution < -0.4 is 14.9 Å². The molecule has 0 radical (unpaired) electrons. The van der Waals surface area contributed by atoms with E-state index in [1.54, 1.807) is 37.4 Å². The molecule has 0 saturated heterocycles. The largest absolute Gasteiger partial charge is 0.497 e. The molecule has 31 heavy (non-hydrogen) atoms. The topological polar surface area (TPSA) is 65.7 Å². The summed E-state index contributed by atoms with van der Waals surface area (Å²) in [7, 11) is 1.55. The van der Waals surface area contributed by atoms with Crippen LogP contribution in [0.4, 0.5) is 0 Å². The van der Waals surface area contributed by atoms with Crippen LogP contribution in [-0.2, 0) is 0 Å². The van der Waals surface area contributed by atoms with Crippen LogP contribution >= 0.6 is 0 Å². The van der Waals surface area contributed by atoms with Crippen LogP contribution in [-0.4, -0.2) is 13.1 Å². The molecule has 0 saturated carbocycles. The van der Waals surface area contributed by atoms with Gasteiger partial charge in [0.05, 0.1) is 18.1 Å². The predicted octanol–water partition coefficient (Wildman–Crippen LogP) is 5.61. The van der Waals surface area contributed by atoms with Crippen LogP contribution in [0, 0.1) is 20.8 Å². The van der Waals surface area contributed by atoms with E-state index >= 15 is 0 Å². The summed E-state index contributed by atoms with van der Waals surface area (Å²) in [5, 5.41) is 0.380. The first kappa shape index (κ1) is 20.4. The summed E-state index contributed by atoms with van der Waals surface area (Å²) in [6.45, 7) is 5.76. The molecule has 1 heterocycles. The van der Waals surface area contributed by atoms with Crippen molar-refractivity contribution in [2.24, 2.45) is 0 Å². The number of esters is 1. The van der Waals surface area contributed by atoms with E-state index in [1.807, 2.05) is 51.1 Å². The van der Waals surface area contributed by atoms with E-state index in [0.29, 0.717) is 27.8 Å². The number of rotatable bonds is 4. The number of hydrogen-bond donors (Lipinski definition) is 0. The zero-order valence-electron chi connectivity index (χ0n) is 17.8. The molecular weight excluding hydrogens is 392 g/mol. The lowest BCUT2D eigenvalue weighted by Crippen LogP contribution is -2.16. The Bertz CT molecular complexity index is 1330. The number of carbonyl (C=O) groups excluding carboxylic acids is 1. The van der Waals surface area contributed by atoms with E-state index in [2.05, 4.69) is 0 Å². The number of ether oxygens (including phenoxy) is 2. The van der Waals surface area contributed by atoms with Crippen molar-refractivity contribution >= 4 is 16.9 Å². The molecular formula is C26H22O5. The van der Waals surface area contributed by atoms with E-state index < -0.39 is 5.97 Å². The fourth-order valence-corrected chi connectivity index (χ4v) is 3.50. The third-order valence-corrected chi connectivity index (χ3v) is 5.11. The minimum absolute atomic E-state index is 0.123. The number of aryl methyl sites for hydroxylation is 3. The van der Waals surface area contributed by atoms with Gasteiger partial charge in [-0.15, -0.1) is 0 Å². The third-order valence-electron chi connectivity index (χ3n) is 5.11. The second-order valence-corrected chi connectivity index (χ2v) is 7.53. The van der Waals surface area contributed by atoms with Crippen molar-refractivity contribution < 1.29 is 18.7 Å². The lowest BCUT2D eigenvalue weighted by atomic mass is 10.0. The average Bonchev–Trinajstić information content (AvgIpc) is 2.76. The molecule has 0 amide bonds. The normalized spacial score (nSPS) is 10.8. The highest BCUT2D eigenvalue weighted by Gasteiger charge is 2.22. The number of carbonyl (C=O) groups is 1. The Kier molecular flexibility index (Phi) is 5.34. The van der Waals surface area contributed by atoms with Crippen LogP contribution in [0.15, 0.2) is 69.9 Å². The first-order chi connectivity index (χ1) is 14.9. The van der Waals surface area contributed by atoms with Gasteiger partial charge in [0.2, 0.25) is 11.2 Å². The molecule has 5 heteroatoms. The van der Waals surface area contributed by atoms with Crippen molar-refractivity contribution in [2.75, 3.05) is 7.11 Å². The van der Waals surface area contributed by atoms with Crippen LogP contribution in [0.25, 0.3) is 22.3 Å². The highest BCUT2D eigenvalue weighted by Crippen LogP contribution is 2.33. The maximum absolute atomic E-state index is 13.4. The molecule has 0 aliphatic heterocycles. The fourth-order valence-electron chi connectivity index (χ4n) is 3.50. The molecule has 5 nitrogen and oxygen atoms in total. The fraction of sp³-hybridized carbons (Fsp3) is 0.154. The summed E-state index contributed by atoms with van der Waals surface area (Å²) in [6.07, 6.45) is 0. The van der Waals surface area contributed by atoms with E-state index in [1.165, 1.54) is 0 Å². The summed E-state index contributed by atoms with van der Waals surface area (Å²) in [6, 6.07) is 17.7. The molecule has 3 aromatic carbocycles. The van der Waals surface area contributed by atoms with E-state index in [0.717, 1.165) is 16.7 Å². The van der Waals surface area contributed by atoms with Gasteiger partial charge >= 0.3 is 5.97 Å². The number of benzene rings is 3. The number of methoxy groups -OCH3 is 1. The summed E-state index contributed by atoms with van der Waals surface area (Å²) in [5.74, 6) is 0.0774. The van der Waals surface area contributed by atoms with E-state index in [4.69, 9.17) is 13.9 Å².